The molecule has 0 radical (unpaired) electrons. The van der Waals surface area contributed by atoms with E-state index < -0.39 is 20.7 Å². The van der Waals surface area contributed by atoms with Gasteiger partial charge in [-0.05, 0) is 43.4 Å². The quantitative estimate of drug-likeness (QED) is 0.670. The molecule has 10 heteroatoms. The molecule has 1 atom stereocenters. The third-order valence-electron chi connectivity index (χ3n) is 5.74. The molecule has 0 spiro atoms. The van der Waals surface area contributed by atoms with E-state index in [2.05, 4.69) is 33.8 Å². The van der Waals surface area contributed by atoms with Crippen LogP contribution < -0.4 is 10.0 Å². The van der Waals surface area contributed by atoms with Crippen molar-refractivity contribution in [3.63, 3.8) is 0 Å². The lowest BCUT2D eigenvalue weighted by Gasteiger charge is -2.33. The largest absolute Gasteiger partial charge is 0.382 e. The standard InChI is InChI=1S/C19H24ClFN4O2S2/c1-18(2)10-19(4-3-6-25(19)12-18)11-23-15-9-14(21)16(8-13(15)20)29(26,27)24-17-22-5-7-28-17/h5,7-9,23H,3-4,6,10-12H2,1-2H3,(H,22,24). The van der Waals surface area contributed by atoms with Gasteiger partial charge in [0.1, 0.15) is 10.7 Å². The number of nitrogens with zero attached hydrogens (tertiary/aromatic N) is 2. The monoisotopic (exact) mass is 458 g/mol. The first-order valence-corrected chi connectivity index (χ1v) is 12.2. The van der Waals surface area contributed by atoms with E-state index in [1.807, 2.05) is 0 Å². The maximum absolute atomic E-state index is 14.7. The molecule has 2 N–H and O–H groups in total. The van der Waals surface area contributed by atoms with Crippen LogP contribution in [0.25, 0.3) is 0 Å². The van der Waals surface area contributed by atoms with Crippen LogP contribution in [0.5, 0.6) is 0 Å². The average molecular weight is 459 g/mol. The lowest BCUT2D eigenvalue weighted by atomic mass is 9.82. The summed E-state index contributed by atoms with van der Waals surface area (Å²) in [5, 5.41) is 5.25. The number of sulfonamides is 1. The van der Waals surface area contributed by atoms with Crippen molar-refractivity contribution < 1.29 is 12.8 Å². The van der Waals surface area contributed by atoms with Gasteiger partial charge < -0.3 is 5.32 Å². The van der Waals surface area contributed by atoms with Gasteiger partial charge in [0.15, 0.2) is 5.13 Å². The van der Waals surface area contributed by atoms with Crippen LogP contribution in [0.1, 0.15) is 33.1 Å². The average Bonchev–Trinajstić information content (AvgIpc) is 3.29. The molecule has 0 saturated carbocycles. The number of rotatable bonds is 6. The van der Waals surface area contributed by atoms with Gasteiger partial charge in [0.2, 0.25) is 0 Å². The molecule has 2 fully saturated rings. The van der Waals surface area contributed by atoms with E-state index in [9.17, 15) is 12.8 Å². The Kier molecular flexibility index (Phi) is 5.30. The zero-order valence-corrected chi connectivity index (χ0v) is 18.7. The zero-order chi connectivity index (χ0) is 20.9. The highest BCUT2D eigenvalue weighted by Gasteiger charge is 2.51. The van der Waals surface area contributed by atoms with Gasteiger partial charge in [-0.25, -0.2) is 17.8 Å². The van der Waals surface area contributed by atoms with Crippen LogP contribution in [0, 0.1) is 11.2 Å². The molecule has 1 aromatic carbocycles. The van der Waals surface area contributed by atoms with Crippen LogP contribution in [0.3, 0.4) is 0 Å². The Morgan fingerprint density at radius 2 is 2.17 bits per heavy atom. The molecule has 1 unspecified atom stereocenters. The lowest BCUT2D eigenvalue weighted by molar-refractivity contribution is 0.209. The molecule has 29 heavy (non-hydrogen) atoms. The van der Waals surface area contributed by atoms with Gasteiger partial charge >= 0.3 is 0 Å². The first-order chi connectivity index (χ1) is 13.6. The number of hydrogen-bond acceptors (Lipinski definition) is 6. The molecule has 2 aromatic rings. The van der Waals surface area contributed by atoms with Crippen molar-refractivity contribution in [3.8, 4) is 0 Å². The molecule has 2 saturated heterocycles. The summed E-state index contributed by atoms with van der Waals surface area (Å²) in [6.07, 6.45) is 4.78. The van der Waals surface area contributed by atoms with Gasteiger partial charge in [0.05, 0.1) is 10.7 Å². The topological polar surface area (TPSA) is 74.3 Å². The number of hydrogen-bond donors (Lipinski definition) is 2. The van der Waals surface area contributed by atoms with E-state index in [4.69, 9.17) is 11.6 Å². The third kappa shape index (κ3) is 4.10. The molecule has 0 bridgehead atoms. The minimum absolute atomic E-state index is 0.0421. The number of nitrogens with one attached hydrogen (secondary N) is 2. The normalized spacial score (nSPS) is 23.9. The summed E-state index contributed by atoms with van der Waals surface area (Å²) in [6.45, 7) is 7.33. The Hall–Kier alpha value is -1.42. The van der Waals surface area contributed by atoms with Gasteiger partial charge in [-0.1, -0.05) is 25.4 Å². The van der Waals surface area contributed by atoms with Crippen molar-refractivity contribution in [1.29, 1.82) is 0 Å². The molecule has 2 aliphatic rings. The predicted octanol–water partition coefficient (Wildman–Crippen LogP) is 4.41. The van der Waals surface area contributed by atoms with Crippen molar-refractivity contribution >= 4 is 43.8 Å². The smallest absolute Gasteiger partial charge is 0.266 e. The predicted molar refractivity (Wildman–Crippen MR) is 115 cm³/mol. The third-order valence-corrected chi connectivity index (χ3v) is 8.22. The van der Waals surface area contributed by atoms with Gasteiger partial charge in [0.25, 0.3) is 10.0 Å². The van der Waals surface area contributed by atoms with Crippen molar-refractivity contribution in [2.45, 2.75) is 43.5 Å². The fourth-order valence-electron chi connectivity index (χ4n) is 4.74. The van der Waals surface area contributed by atoms with E-state index in [0.29, 0.717) is 12.2 Å². The highest BCUT2D eigenvalue weighted by atomic mass is 35.5. The summed E-state index contributed by atoms with van der Waals surface area (Å²) in [4.78, 5) is 5.89. The fraction of sp³-hybridized carbons (Fsp3) is 0.526. The Morgan fingerprint density at radius 1 is 1.38 bits per heavy atom. The molecular weight excluding hydrogens is 435 g/mol. The van der Waals surface area contributed by atoms with Crippen LogP contribution in [0.15, 0.2) is 28.6 Å². The van der Waals surface area contributed by atoms with E-state index >= 15 is 0 Å². The maximum atomic E-state index is 14.7. The van der Waals surface area contributed by atoms with E-state index in [1.54, 1.807) is 5.38 Å². The van der Waals surface area contributed by atoms with Crippen molar-refractivity contribution in [3.05, 3.63) is 34.5 Å². The van der Waals surface area contributed by atoms with Gasteiger partial charge in [-0.15, -0.1) is 11.3 Å². The van der Waals surface area contributed by atoms with Crippen LogP contribution in [-0.2, 0) is 10.0 Å². The first-order valence-electron chi connectivity index (χ1n) is 9.51. The molecule has 2 aliphatic heterocycles. The summed E-state index contributed by atoms with van der Waals surface area (Å²) in [7, 11) is -4.11. The van der Waals surface area contributed by atoms with E-state index in [0.717, 1.165) is 55.8 Å². The number of benzene rings is 1. The Labute approximate surface area is 179 Å². The molecule has 158 valence electrons. The van der Waals surface area contributed by atoms with Gasteiger partial charge in [0, 0.05) is 30.2 Å². The van der Waals surface area contributed by atoms with Crippen molar-refractivity contribution in [2.75, 3.05) is 29.7 Å². The Bertz CT molecular complexity index is 1010. The second-order valence-corrected chi connectivity index (χ2v) is 11.6. The Balaban J connectivity index is 1.53. The molecule has 3 heterocycles. The van der Waals surface area contributed by atoms with Crippen LogP contribution in [0.4, 0.5) is 15.2 Å². The van der Waals surface area contributed by atoms with E-state index in [-0.39, 0.29) is 21.1 Å². The minimum Gasteiger partial charge on any atom is -0.382 e. The highest BCUT2D eigenvalue weighted by molar-refractivity contribution is 7.93. The molecule has 0 amide bonds. The van der Waals surface area contributed by atoms with Gasteiger partial charge in [-0.3, -0.25) is 9.62 Å². The van der Waals surface area contributed by atoms with Crippen molar-refractivity contribution in [1.82, 2.24) is 9.88 Å². The summed E-state index contributed by atoms with van der Waals surface area (Å²) in [6, 6.07) is 2.31. The molecule has 6 nitrogen and oxygen atoms in total. The molecule has 0 aliphatic carbocycles. The number of aromatic nitrogens is 1. The molecular formula is C19H24ClFN4O2S2. The molecule has 1 aromatic heterocycles. The number of halogens is 2. The zero-order valence-electron chi connectivity index (χ0n) is 16.3. The number of thiazole rings is 1. The van der Waals surface area contributed by atoms with E-state index in [1.165, 1.54) is 6.20 Å². The lowest BCUT2D eigenvalue weighted by Crippen LogP contribution is -2.44. The van der Waals surface area contributed by atoms with Crippen LogP contribution in [0.2, 0.25) is 5.02 Å². The van der Waals surface area contributed by atoms with Gasteiger partial charge in [-0.2, -0.15) is 0 Å². The summed E-state index contributed by atoms with van der Waals surface area (Å²) in [5.74, 6) is -0.853. The first kappa shape index (κ1) is 20.8. The van der Waals surface area contributed by atoms with Crippen molar-refractivity contribution in [2.24, 2.45) is 5.41 Å². The second kappa shape index (κ2) is 7.37. The number of anilines is 2. The number of fused-ring (bicyclic) bond motifs is 1. The summed E-state index contributed by atoms with van der Waals surface area (Å²) in [5.41, 5.74) is 0.695. The summed E-state index contributed by atoms with van der Waals surface area (Å²) < 4.78 is 42.0. The SMILES string of the molecule is CC1(C)CN2CCCC2(CNc2cc(F)c(S(=O)(=O)Nc3nccs3)cc2Cl)C1. The van der Waals surface area contributed by atoms with Crippen LogP contribution in [-0.4, -0.2) is 43.5 Å². The van der Waals surface area contributed by atoms with Crippen LogP contribution >= 0.6 is 22.9 Å². The maximum Gasteiger partial charge on any atom is 0.266 e. The summed E-state index contributed by atoms with van der Waals surface area (Å²) >= 11 is 7.44. The Morgan fingerprint density at radius 3 is 2.90 bits per heavy atom. The second-order valence-electron chi connectivity index (χ2n) is 8.65. The fourth-order valence-corrected chi connectivity index (χ4v) is 6.91. The minimum atomic E-state index is -4.11. The highest BCUT2D eigenvalue weighted by Crippen LogP contribution is 2.47. The molecule has 4 rings (SSSR count).